The summed E-state index contributed by atoms with van der Waals surface area (Å²) < 4.78 is 49.3. The molecule has 0 N–H and O–H groups in total. The maximum Gasteiger partial charge on any atom is 0.417 e. The lowest BCUT2D eigenvalue weighted by Gasteiger charge is -2.21. The second-order valence-corrected chi connectivity index (χ2v) is 17.9. The van der Waals surface area contributed by atoms with Crippen molar-refractivity contribution in [2.45, 2.75) is 33.9 Å². The van der Waals surface area contributed by atoms with Crippen LogP contribution in [0.25, 0.3) is 99.5 Å². The minimum absolute atomic E-state index is 0.0458. The van der Waals surface area contributed by atoms with E-state index in [0.29, 0.717) is 27.9 Å². The fraction of sp³-hybridized carbons (Fsp3) is 0.0820. The zero-order chi connectivity index (χ0) is 47.0. The van der Waals surface area contributed by atoms with Gasteiger partial charge in [-0.2, -0.15) is 23.7 Å². The third-order valence-electron chi connectivity index (χ3n) is 13.1. The summed E-state index contributed by atoms with van der Waals surface area (Å²) >= 11 is 0. The van der Waals surface area contributed by atoms with E-state index < -0.39 is 11.7 Å². The minimum Gasteiger partial charge on any atom is -0.309 e. The van der Waals surface area contributed by atoms with Crippen LogP contribution < -0.4 is 0 Å². The molecule has 11 aromatic rings. The lowest BCUT2D eigenvalue weighted by molar-refractivity contribution is -0.137. The summed E-state index contributed by atoms with van der Waals surface area (Å²) in [6.45, 7) is 8.40. The van der Waals surface area contributed by atoms with Gasteiger partial charge < -0.3 is 9.13 Å². The van der Waals surface area contributed by atoms with E-state index in [1.165, 1.54) is 34.4 Å². The third kappa shape index (κ3) is 7.08. The molecule has 2 heterocycles. The van der Waals surface area contributed by atoms with Crippen LogP contribution in [0.5, 0.6) is 0 Å². The zero-order valence-electron chi connectivity index (χ0n) is 37.7. The van der Waals surface area contributed by atoms with Crippen molar-refractivity contribution in [2.24, 2.45) is 0 Å². The molecule has 0 saturated carbocycles. The van der Waals surface area contributed by atoms with Gasteiger partial charge in [0.05, 0.1) is 62.3 Å². The van der Waals surface area contributed by atoms with Crippen LogP contribution in [-0.2, 0) is 6.18 Å². The number of aromatic nitrogens is 2. The molecule has 0 bridgehead atoms. The third-order valence-corrected chi connectivity index (χ3v) is 13.1. The number of benzene rings is 9. The van der Waals surface area contributed by atoms with Crippen LogP contribution in [0.1, 0.15) is 38.9 Å². The van der Waals surface area contributed by atoms with Gasteiger partial charge in [0, 0.05) is 32.7 Å². The first-order valence-corrected chi connectivity index (χ1v) is 22.4. The average molecular weight is 887 g/mol. The Bertz CT molecular complexity index is 3940. The SMILES string of the molecule is Cc1cc(C)cc(-c2ccc3c(c2)c2ccccc2n3-c2ccc(-c3ccc(C#N)cc3C(F)(F)F)cc2-c2ccc(C#N)cc2-n2c3ccccc3c3cc(-c4cc(C)cc(C)c4)ccc32)c1. The maximum atomic E-state index is 15.0. The van der Waals surface area contributed by atoms with Gasteiger partial charge in [0.1, 0.15) is 0 Å². The van der Waals surface area contributed by atoms with Gasteiger partial charge in [0.15, 0.2) is 0 Å². The van der Waals surface area contributed by atoms with Crippen LogP contribution in [0.4, 0.5) is 13.2 Å². The van der Waals surface area contributed by atoms with Crippen molar-refractivity contribution in [3.8, 4) is 68.0 Å². The fourth-order valence-electron chi connectivity index (χ4n) is 10.3. The van der Waals surface area contributed by atoms with Crippen LogP contribution in [-0.4, -0.2) is 9.13 Å². The van der Waals surface area contributed by atoms with Crippen molar-refractivity contribution in [2.75, 3.05) is 0 Å². The fourth-order valence-corrected chi connectivity index (χ4v) is 10.3. The van der Waals surface area contributed by atoms with Gasteiger partial charge in [-0.15, -0.1) is 0 Å². The number of hydrogen-bond donors (Lipinski definition) is 0. The van der Waals surface area contributed by atoms with Crippen LogP contribution in [0.2, 0.25) is 0 Å². The Balaban J connectivity index is 1.22. The molecule has 0 spiro atoms. The van der Waals surface area contributed by atoms with Crippen LogP contribution in [0.3, 0.4) is 0 Å². The summed E-state index contributed by atoms with van der Waals surface area (Å²) in [4.78, 5) is 0. The summed E-state index contributed by atoms with van der Waals surface area (Å²) in [5.41, 5.74) is 15.3. The van der Waals surface area contributed by atoms with E-state index in [2.05, 4.69) is 140 Å². The first kappa shape index (κ1) is 42.0. The van der Waals surface area contributed by atoms with Crippen molar-refractivity contribution in [1.29, 1.82) is 10.5 Å². The highest BCUT2D eigenvalue weighted by Gasteiger charge is 2.34. The highest BCUT2D eigenvalue weighted by molar-refractivity contribution is 6.13. The molecule has 326 valence electrons. The highest BCUT2D eigenvalue weighted by atomic mass is 19.4. The second-order valence-electron chi connectivity index (χ2n) is 17.9. The number of aryl methyl sites for hydroxylation is 4. The molecule has 0 amide bonds. The normalized spacial score (nSPS) is 11.7. The van der Waals surface area contributed by atoms with Crippen LogP contribution in [0, 0.1) is 50.4 Å². The molecule has 4 nitrogen and oxygen atoms in total. The standard InChI is InChI=1S/C61H41F3N4/c1-36-23-37(2)26-45(25-36)42-15-20-57-51(31-42)48-9-5-7-11-55(48)67(57)58-22-17-44(47-18-13-40(34-65)29-54(47)61(62,63)64)33-53(58)50-19-14-41(35-66)30-60(50)68-56-12-8-6-10-49(56)52-32-43(16-21-59(52)68)46-27-38(3)24-39(4)28-46/h5-33H,1-4H3. The van der Waals surface area contributed by atoms with Gasteiger partial charge in [0.2, 0.25) is 0 Å². The number of fused-ring (bicyclic) bond motifs is 6. The van der Waals surface area contributed by atoms with Crippen molar-refractivity contribution in [3.05, 3.63) is 215 Å². The van der Waals surface area contributed by atoms with Crippen molar-refractivity contribution in [1.82, 2.24) is 9.13 Å². The van der Waals surface area contributed by atoms with Gasteiger partial charge in [-0.25, -0.2) is 0 Å². The number of nitriles is 2. The molecule has 68 heavy (non-hydrogen) atoms. The topological polar surface area (TPSA) is 57.4 Å². The molecule has 9 aromatic carbocycles. The Morgan fingerprint density at radius 3 is 1.34 bits per heavy atom. The Labute approximate surface area is 391 Å². The molecule has 0 saturated heterocycles. The Kier molecular flexibility index (Phi) is 9.92. The summed E-state index contributed by atoms with van der Waals surface area (Å²) in [6.07, 6.45) is -4.74. The minimum atomic E-state index is -4.74. The molecule has 0 aliphatic heterocycles. The first-order chi connectivity index (χ1) is 32.9. The average Bonchev–Trinajstić information content (AvgIpc) is 3.84. The van der Waals surface area contributed by atoms with E-state index in [1.807, 2.05) is 54.6 Å². The molecular formula is C61H41F3N4. The number of para-hydroxylation sites is 2. The molecule has 0 fully saturated rings. The van der Waals surface area contributed by atoms with Crippen molar-refractivity contribution in [3.63, 3.8) is 0 Å². The predicted molar refractivity (Wildman–Crippen MR) is 270 cm³/mol. The lowest BCUT2D eigenvalue weighted by Crippen LogP contribution is -2.08. The molecule has 11 rings (SSSR count). The number of halogens is 3. The van der Waals surface area contributed by atoms with E-state index in [0.717, 1.165) is 77.6 Å². The molecular weight excluding hydrogens is 846 g/mol. The number of hydrogen-bond acceptors (Lipinski definition) is 2. The first-order valence-electron chi connectivity index (χ1n) is 22.4. The molecule has 0 radical (unpaired) electrons. The van der Waals surface area contributed by atoms with Gasteiger partial charge in [0.25, 0.3) is 0 Å². The van der Waals surface area contributed by atoms with Gasteiger partial charge in [-0.1, -0.05) is 125 Å². The monoisotopic (exact) mass is 886 g/mol. The smallest absolute Gasteiger partial charge is 0.309 e. The van der Waals surface area contributed by atoms with E-state index in [1.54, 1.807) is 12.1 Å². The molecule has 0 aliphatic rings. The second kappa shape index (κ2) is 16.0. The summed E-state index contributed by atoms with van der Waals surface area (Å²) in [5.74, 6) is 0. The predicted octanol–water partition coefficient (Wildman–Crippen LogP) is 16.5. The molecule has 0 unspecified atom stereocenters. The number of alkyl halides is 3. The summed E-state index contributed by atoms with van der Waals surface area (Å²) in [7, 11) is 0. The largest absolute Gasteiger partial charge is 0.417 e. The maximum absolute atomic E-state index is 15.0. The van der Waals surface area contributed by atoms with Crippen molar-refractivity contribution >= 4 is 43.6 Å². The van der Waals surface area contributed by atoms with Gasteiger partial charge in [-0.3, -0.25) is 0 Å². The number of rotatable bonds is 6. The number of nitrogens with zero attached hydrogens (tertiary/aromatic N) is 4. The zero-order valence-corrected chi connectivity index (χ0v) is 37.7. The van der Waals surface area contributed by atoms with Gasteiger partial charge >= 0.3 is 6.18 Å². The Morgan fingerprint density at radius 2 is 0.824 bits per heavy atom. The van der Waals surface area contributed by atoms with Crippen LogP contribution >= 0.6 is 0 Å². The van der Waals surface area contributed by atoms with Crippen molar-refractivity contribution < 1.29 is 13.2 Å². The van der Waals surface area contributed by atoms with Crippen LogP contribution in [0.15, 0.2) is 176 Å². The van der Waals surface area contributed by atoms with Gasteiger partial charge in [-0.05, 0) is 134 Å². The molecule has 0 atom stereocenters. The van der Waals surface area contributed by atoms with E-state index >= 15 is 0 Å². The van der Waals surface area contributed by atoms with E-state index in [4.69, 9.17) is 0 Å². The summed E-state index contributed by atoms with van der Waals surface area (Å²) in [5, 5.41) is 24.2. The molecule has 7 heteroatoms. The molecule has 2 aromatic heterocycles. The summed E-state index contributed by atoms with van der Waals surface area (Å²) in [6, 6.07) is 61.4. The Hall–Kier alpha value is -8.65. The molecule has 0 aliphatic carbocycles. The van der Waals surface area contributed by atoms with E-state index in [-0.39, 0.29) is 11.1 Å². The Morgan fingerprint density at radius 1 is 0.368 bits per heavy atom. The van der Waals surface area contributed by atoms with E-state index in [9.17, 15) is 23.7 Å². The quantitative estimate of drug-likeness (QED) is 0.167. The highest BCUT2D eigenvalue weighted by Crippen LogP contribution is 2.45. The lowest BCUT2D eigenvalue weighted by atomic mass is 9.92.